The highest BCUT2D eigenvalue weighted by atomic mass is 35.5. The standard InChI is InChI=1S/C12H17ClN6O/c1-8(6-19-2-4-20-5-3-19)16-11-9-10(15-7-14-9)17-12(13)18-11/h7-8H,2-6H2,1H3,(H2,14,15,16,17,18). The zero-order valence-electron chi connectivity index (χ0n) is 11.3. The van der Waals surface area contributed by atoms with Crippen LogP contribution in [0.4, 0.5) is 5.82 Å². The van der Waals surface area contributed by atoms with E-state index in [9.17, 15) is 0 Å². The Labute approximate surface area is 121 Å². The molecule has 1 saturated heterocycles. The first kappa shape index (κ1) is 13.5. The van der Waals surface area contributed by atoms with Crippen LogP contribution in [0.3, 0.4) is 0 Å². The van der Waals surface area contributed by atoms with Crippen molar-refractivity contribution < 1.29 is 4.74 Å². The summed E-state index contributed by atoms with van der Waals surface area (Å²) in [4.78, 5) is 17.8. The van der Waals surface area contributed by atoms with E-state index in [0.29, 0.717) is 11.5 Å². The number of halogens is 1. The van der Waals surface area contributed by atoms with Crippen LogP contribution in [-0.4, -0.2) is 63.7 Å². The van der Waals surface area contributed by atoms with E-state index in [1.165, 1.54) is 0 Å². The molecule has 3 rings (SSSR count). The van der Waals surface area contributed by atoms with E-state index >= 15 is 0 Å². The van der Waals surface area contributed by atoms with Gasteiger partial charge in [0, 0.05) is 25.7 Å². The van der Waals surface area contributed by atoms with Crippen LogP contribution in [0.1, 0.15) is 6.92 Å². The molecule has 0 bridgehead atoms. The maximum atomic E-state index is 5.91. The van der Waals surface area contributed by atoms with Crippen LogP contribution < -0.4 is 5.32 Å². The molecule has 108 valence electrons. The van der Waals surface area contributed by atoms with Gasteiger partial charge < -0.3 is 15.0 Å². The van der Waals surface area contributed by atoms with Crippen LogP contribution in [0.5, 0.6) is 0 Å². The molecule has 3 heterocycles. The molecule has 1 atom stereocenters. The van der Waals surface area contributed by atoms with Gasteiger partial charge >= 0.3 is 0 Å². The predicted molar refractivity (Wildman–Crippen MR) is 77.0 cm³/mol. The van der Waals surface area contributed by atoms with Gasteiger partial charge in [-0.25, -0.2) is 4.98 Å². The van der Waals surface area contributed by atoms with E-state index in [2.05, 4.69) is 37.1 Å². The van der Waals surface area contributed by atoms with E-state index in [1.54, 1.807) is 6.33 Å². The molecule has 2 aromatic rings. The van der Waals surface area contributed by atoms with Crippen molar-refractivity contribution in [1.82, 2.24) is 24.8 Å². The van der Waals surface area contributed by atoms with Crippen molar-refractivity contribution in [3.8, 4) is 0 Å². The fourth-order valence-electron chi connectivity index (χ4n) is 2.36. The maximum absolute atomic E-state index is 5.91. The number of imidazole rings is 1. The molecule has 1 unspecified atom stereocenters. The Morgan fingerprint density at radius 2 is 2.25 bits per heavy atom. The van der Waals surface area contributed by atoms with Gasteiger partial charge in [0.25, 0.3) is 0 Å². The molecule has 0 amide bonds. The minimum Gasteiger partial charge on any atom is -0.379 e. The van der Waals surface area contributed by atoms with Crippen LogP contribution >= 0.6 is 11.6 Å². The average molecular weight is 297 g/mol. The number of nitrogens with zero attached hydrogens (tertiary/aromatic N) is 4. The van der Waals surface area contributed by atoms with Gasteiger partial charge in [-0.2, -0.15) is 9.97 Å². The second kappa shape index (κ2) is 5.90. The minimum atomic E-state index is 0.200. The Morgan fingerprint density at radius 1 is 1.45 bits per heavy atom. The zero-order chi connectivity index (χ0) is 13.9. The normalized spacial score (nSPS) is 18.3. The predicted octanol–water partition coefficient (Wildman–Crippen LogP) is 1.14. The third kappa shape index (κ3) is 3.00. The highest BCUT2D eigenvalue weighted by Crippen LogP contribution is 2.19. The summed E-state index contributed by atoms with van der Waals surface area (Å²) in [6.07, 6.45) is 1.59. The molecule has 1 aliphatic rings. The van der Waals surface area contributed by atoms with Crippen LogP contribution in [0.15, 0.2) is 6.33 Å². The van der Waals surface area contributed by atoms with Gasteiger partial charge in [0.15, 0.2) is 11.5 Å². The fraction of sp³-hybridized carbons (Fsp3) is 0.583. The van der Waals surface area contributed by atoms with E-state index in [4.69, 9.17) is 16.3 Å². The molecule has 7 nitrogen and oxygen atoms in total. The number of hydrogen-bond acceptors (Lipinski definition) is 6. The number of H-pyrrole nitrogens is 1. The molecule has 8 heteroatoms. The molecule has 1 aliphatic heterocycles. The topological polar surface area (TPSA) is 79.0 Å². The third-order valence-corrected chi connectivity index (χ3v) is 3.45. The number of fused-ring (bicyclic) bond motifs is 1. The van der Waals surface area contributed by atoms with Gasteiger partial charge in [-0.1, -0.05) is 0 Å². The summed E-state index contributed by atoms with van der Waals surface area (Å²) >= 11 is 5.91. The summed E-state index contributed by atoms with van der Waals surface area (Å²) < 4.78 is 5.35. The van der Waals surface area contributed by atoms with E-state index in [1.807, 2.05) is 0 Å². The first-order valence-corrected chi connectivity index (χ1v) is 7.03. The van der Waals surface area contributed by atoms with Crippen LogP contribution in [0.25, 0.3) is 11.2 Å². The van der Waals surface area contributed by atoms with Crippen LogP contribution in [-0.2, 0) is 4.74 Å². The Morgan fingerprint density at radius 3 is 3.05 bits per heavy atom. The van der Waals surface area contributed by atoms with Gasteiger partial charge in [-0.3, -0.25) is 4.90 Å². The Hall–Kier alpha value is -1.44. The molecule has 2 N–H and O–H groups in total. The lowest BCUT2D eigenvalue weighted by molar-refractivity contribution is 0.0368. The second-order valence-electron chi connectivity index (χ2n) is 4.90. The zero-order valence-corrected chi connectivity index (χ0v) is 12.0. The smallest absolute Gasteiger partial charge is 0.226 e. The van der Waals surface area contributed by atoms with Gasteiger partial charge in [0.1, 0.15) is 5.52 Å². The van der Waals surface area contributed by atoms with Crippen molar-refractivity contribution in [3.63, 3.8) is 0 Å². The average Bonchev–Trinajstić information content (AvgIpc) is 2.88. The van der Waals surface area contributed by atoms with Crippen molar-refractivity contribution in [1.29, 1.82) is 0 Å². The second-order valence-corrected chi connectivity index (χ2v) is 5.24. The third-order valence-electron chi connectivity index (χ3n) is 3.28. The van der Waals surface area contributed by atoms with Gasteiger partial charge in [0.2, 0.25) is 5.28 Å². The summed E-state index contributed by atoms with van der Waals surface area (Å²) in [5.41, 5.74) is 1.36. The molecule has 0 aromatic carbocycles. The molecular formula is C12H17ClN6O. The number of aromatic amines is 1. The van der Waals surface area contributed by atoms with Crippen molar-refractivity contribution >= 4 is 28.6 Å². The molecule has 0 spiro atoms. The minimum absolute atomic E-state index is 0.200. The first-order valence-electron chi connectivity index (χ1n) is 6.65. The van der Waals surface area contributed by atoms with E-state index < -0.39 is 0 Å². The summed E-state index contributed by atoms with van der Waals surface area (Å²) in [6.45, 7) is 6.59. The lowest BCUT2D eigenvalue weighted by Crippen LogP contribution is -2.42. The van der Waals surface area contributed by atoms with E-state index in [0.717, 1.165) is 38.4 Å². The molecular weight excluding hydrogens is 280 g/mol. The largest absolute Gasteiger partial charge is 0.379 e. The fourth-order valence-corrected chi connectivity index (χ4v) is 2.53. The monoisotopic (exact) mass is 296 g/mol. The lowest BCUT2D eigenvalue weighted by atomic mass is 10.3. The summed E-state index contributed by atoms with van der Waals surface area (Å²) in [5, 5.41) is 3.57. The summed E-state index contributed by atoms with van der Waals surface area (Å²) in [5.74, 6) is 0.693. The number of aromatic nitrogens is 4. The lowest BCUT2D eigenvalue weighted by Gasteiger charge is -2.29. The molecule has 20 heavy (non-hydrogen) atoms. The van der Waals surface area contributed by atoms with Gasteiger partial charge in [0.05, 0.1) is 19.5 Å². The van der Waals surface area contributed by atoms with Gasteiger partial charge in [-0.05, 0) is 18.5 Å². The molecule has 0 radical (unpaired) electrons. The summed E-state index contributed by atoms with van der Waals surface area (Å²) in [6, 6.07) is 0.241. The Balaban J connectivity index is 1.70. The van der Waals surface area contributed by atoms with Crippen molar-refractivity contribution in [3.05, 3.63) is 11.6 Å². The number of anilines is 1. The Kier molecular flexibility index (Phi) is 4.00. The van der Waals surface area contributed by atoms with Crippen LogP contribution in [0, 0.1) is 0 Å². The molecule has 0 saturated carbocycles. The van der Waals surface area contributed by atoms with Crippen LogP contribution in [0.2, 0.25) is 5.28 Å². The SMILES string of the molecule is CC(CN1CCOCC1)Nc1nc(Cl)nc2nc[nH]c12. The maximum Gasteiger partial charge on any atom is 0.226 e. The number of nitrogens with one attached hydrogen (secondary N) is 2. The highest BCUT2D eigenvalue weighted by Gasteiger charge is 2.16. The summed E-state index contributed by atoms with van der Waals surface area (Å²) in [7, 11) is 0. The van der Waals surface area contributed by atoms with Crippen molar-refractivity contribution in [2.24, 2.45) is 0 Å². The highest BCUT2D eigenvalue weighted by molar-refractivity contribution is 6.28. The Bertz CT molecular complexity index is 582. The number of morpholine rings is 1. The molecule has 1 fully saturated rings. The molecule has 0 aliphatic carbocycles. The molecule has 2 aromatic heterocycles. The van der Waals surface area contributed by atoms with Gasteiger partial charge in [-0.15, -0.1) is 0 Å². The number of rotatable bonds is 4. The van der Waals surface area contributed by atoms with Crippen molar-refractivity contribution in [2.45, 2.75) is 13.0 Å². The number of ether oxygens (including phenoxy) is 1. The first-order chi connectivity index (χ1) is 9.72. The van der Waals surface area contributed by atoms with Crippen molar-refractivity contribution in [2.75, 3.05) is 38.2 Å². The number of hydrogen-bond donors (Lipinski definition) is 2. The quantitative estimate of drug-likeness (QED) is 0.824. The van der Waals surface area contributed by atoms with E-state index in [-0.39, 0.29) is 11.3 Å².